The molecule has 118 valence electrons. The summed E-state index contributed by atoms with van der Waals surface area (Å²) in [6, 6.07) is 6.99. The van der Waals surface area contributed by atoms with Crippen LogP contribution in [0.5, 0.6) is 0 Å². The van der Waals surface area contributed by atoms with Crippen LogP contribution >= 0.6 is 0 Å². The molecular weight excluding hydrogens is 293 g/mol. The van der Waals surface area contributed by atoms with E-state index in [2.05, 4.69) is 19.8 Å². The maximum absolute atomic E-state index is 13.8. The molecule has 1 aliphatic rings. The van der Waals surface area contributed by atoms with E-state index < -0.39 is 0 Å². The van der Waals surface area contributed by atoms with Gasteiger partial charge in [0.05, 0.1) is 0 Å². The van der Waals surface area contributed by atoms with Crippen molar-refractivity contribution in [2.75, 3.05) is 31.1 Å². The molecule has 3 heterocycles. The topological polar surface area (TPSA) is 36.7 Å². The van der Waals surface area contributed by atoms with Crippen molar-refractivity contribution in [2.45, 2.75) is 6.54 Å². The van der Waals surface area contributed by atoms with Gasteiger partial charge in [0.1, 0.15) is 5.82 Å². The van der Waals surface area contributed by atoms with Crippen LogP contribution in [0, 0.1) is 5.82 Å². The molecule has 6 heteroatoms. The van der Waals surface area contributed by atoms with E-state index in [4.69, 9.17) is 0 Å². The molecule has 1 saturated heterocycles. The summed E-state index contributed by atoms with van der Waals surface area (Å²) >= 11 is 0. The minimum Gasteiger partial charge on any atom is -0.351 e. The van der Waals surface area contributed by atoms with Crippen molar-refractivity contribution in [2.24, 2.45) is 0 Å². The highest BCUT2D eigenvalue weighted by Crippen LogP contribution is 2.19. The van der Waals surface area contributed by atoms with Crippen molar-refractivity contribution in [3.63, 3.8) is 0 Å². The molecular formula is C17H18FN5. The lowest BCUT2D eigenvalue weighted by Crippen LogP contribution is -2.46. The van der Waals surface area contributed by atoms with Gasteiger partial charge in [-0.3, -0.25) is 4.90 Å². The largest absolute Gasteiger partial charge is 0.351 e. The number of nitrogens with zero attached hydrogens (tertiary/aromatic N) is 5. The number of rotatable bonds is 3. The van der Waals surface area contributed by atoms with Crippen molar-refractivity contribution in [3.8, 4) is 0 Å². The second-order valence-electron chi connectivity index (χ2n) is 5.76. The van der Waals surface area contributed by atoms with E-state index in [0.29, 0.717) is 6.54 Å². The summed E-state index contributed by atoms with van der Waals surface area (Å²) in [4.78, 5) is 13.4. The van der Waals surface area contributed by atoms with E-state index in [1.54, 1.807) is 18.5 Å². The maximum Gasteiger partial charge on any atom is 0.180 e. The van der Waals surface area contributed by atoms with Crippen molar-refractivity contribution in [3.05, 3.63) is 60.4 Å². The van der Waals surface area contributed by atoms with E-state index in [-0.39, 0.29) is 5.82 Å². The highest BCUT2D eigenvalue weighted by atomic mass is 19.1. The minimum absolute atomic E-state index is 0.126. The summed E-state index contributed by atoms with van der Waals surface area (Å²) in [6.07, 6.45) is 7.42. The van der Waals surface area contributed by atoms with Crippen molar-refractivity contribution in [1.29, 1.82) is 0 Å². The van der Waals surface area contributed by atoms with Crippen LogP contribution in [-0.2, 0) is 6.54 Å². The standard InChI is InChI=1S/C17H18FN5/c18-15-4-2-1-3-14(15)13-21-9-11-23(12-10-21)17-16-19-5-7-22(16)8-6-20-17/h1-8H,9-13H2. The molecule has 5 nitrogen and oxygen atoms in total. The number of benzene rings is 1. The summed E-state index contributed by atoms with van der Waals surface area (Å²) in [5.41, 5.74) is 1.64. The Balaban J connectivity index is 1.45. The summed E-state index contributed by atoms with van der Waals surface area (Å²) in [6.45, 7) is 4.17. The molecule has 1 aromatic carbocycles. The molecule has 0 N–H and O–H groups in total. The quantitative estimate of drug-likeness (QED) is 0.743. The first-order valence-corrected chi connectivity index (χ1v) is 7.79. The van der Waals surface area contributed by atoms with Gasteiger partial charge in [-0.05, 0) is 6.07 Å². The van der Waals surface area contributed by atoms with Gasteiger partial charge in [0.25, 0.3) is 0 Å². The molecule has 0 atom stereocenters. The summed E-state index contributed by atoms with van der Waals surface area (Å²) in [7, 11) is 0. The third-order valence-corrected chi connectivity index (χ3v) is 4.32. The second kappa shape index (κ2) is 5.96. The van der Waals surface area contributed by atoms with Crippen LogP contribution in [0.4, 0.5) is 10.2 Å². The second-order valence-corrected chi connectivity index (χ2v) is 5.76. The lowest BCUT2D eigenvalue weighted by molar-refractivity contribution is 0.246. The molecule has 2 aromatic heterocycles. The van der Waals surface area contributed by atoms with E-state index in [0.717, 1.165) is 43.2 Å². The van der Waals surface area contributed by atoms with Crippen molar-refractivity contribution in [1.82, 2.24) is 19.3 Å². The Morgan fingerprint density at radius 1 is 0.957 bits per heavy atom. The number of hydrogen-bond donors (Lipinski definition) is 0. The molecule has 1 fully saturated rings. The molecule has 4 rings (SSSR count). The fourth-order valence-electron chi connectivity index (χ4n) is 3.05. The van der Waals surface area contributed by atoms with Crippen LogP contribution in [0.2, 0.25) is 0 Å². The van der Waals surface area contributed by atoms with Crippen LogP contribution in [0.1, 0.15) is 5.56 Å². The first-order valence-electron chi connectivity index (χ1n) is 7.79. The van der Waals surface area contributed by atoms with Crippen molar-refractivity contribution < 1.29 is 4.39 Å². The van der Waals surface area contributed by atoms with Gasteiger partial charge >= 0.3 is 0 Å². The van der Waals surface area contributed by atoms with Crippen LogP contribution in [-0.4, -0.2) is 45.4 Å². The SMILES string of the molecule is Fc1ccccc1CN1CCN(c2nccn3ccnc23)CC1. The normalized spacial score (nSPS) is 16.1. The van der Waals surface area contributed by atoms with E-state index in [9.17, 15) is 4.39 Å². The molecule has 0 amide bonds. The molecule has 3 aromatic rings. The summed E-state index contributed by atoms with van der Waals surface area (Å²) in [5.74, 6) is 0.793. The van der Waals surface area contributed by atoms with Crippen LogP contribution < -0.4 is 4.90 Å². The van der Waals surface area contributed by atoms with Crippen molar-refractivity contribution >= 4 is 11.5 Å². The Hall–Kier alpha value is -2.47. The number of aromatic nitrogens is 3. The zero-order valence-corrected chi connectivity index (χ0v) is 12.8. The first-order chi connectivity index (χ1) is 11.3. The fourth-order valence-corrected chi connectivity index (χ4v) is 3.05. The molecule has 0 radical (unpaired) electrons. The predicted molar refractivity (Wildman–Crippen MR) is 86.9 cm³/mol. The van der Waals surface area contributed by atoms with E-state index in [1.165, 1.54) is 6.07 Å². The Kier molecular flexibility index (Phi) is 3.67. The summed E-state index contributed by atoms with van der Waals surface area (Å²) < 4.78 is 15.7. The Morgan fingerprint density at radius 3 is 2.48 bits per heavy atom. The van der Waals surface area contributed by atoms with Gasteiger partial charge in [-0.15, -0.1) is 0 Å². The number of fused-ring (bicyclic) bond motifs is 1. The lowest BCUT2D eigenvalue weighted by atomic mass is 10.2. The maximum atomic E-state index is 13.8. The molecule has 0 aliphatic carbocycles. The zero-order chi connectivity index (χ0) is 15.6. The van der Waals surface area contributed by atoms with Gasteiger partial charge in [0.15, 0.2) is 11.5 Å². The number of imidazole rings is 1. The van der Waals surface area contributed by atoms with Crippen LogP contribution in [0.25, 0.3) is 5.65 Å². The van der Waals surface area contributed by atoms with Gasteiger partial charge in [-0.25, -0.2) is 14.4 Å². The third-order valence-electron chi connectivity index (χ3n) is 4.32. The summed E-state index contributed by atoms with van der Waals surface area (Å²) in [5, 5.41) is 0. The first kappa shape index (κ1) is 14.1. The monoisotopic (exact) mass is 311 g/mol. The van der Waals surface area contributed by atoms with E-state index in [1.807, 2.05) is 28.9 Å². The smallest absolute Gasteiger partial charge is 0.180 e. The third kappa shape index (κ3) is 2.77. The molecule has 0 spiro atoms. The fraction of sp³-hybridized carbons (Fsp3) is 0.294. The lowest BCUT2D eigenvalue weighted by Gasteiger charge is -2.35. The van der Waals surface area contributed by atoms with E-state index >= 15 is 0 Å². The Labute approximate surface area is 134 Å². The Bertz CT molecular complexity index is 807. The van der Waals surface area contributed by atoms with Gasteiger partial charge in [-0.2, -0.15) is 0 Å². The molecule has 0 saturated carbocycles. The molecule has 0 bridgehead atoms. The highest BCUT2D eigenvalue weighted by Gasteiger charge is 2.21. The molecule has 23 heavy (non-hydrogen) atoms. The Morgan fingerprint density at radius 2 is 1.70 bits per heavy atom. The number of piperazine rings is 1. The highest BCUT2D eigenvalue weighted by molar-refractivity contribution is 5.64. The predicted octanol–water partition coefficient (Wildman–Crippen LogP) is 2.19. The number of hydrogen-bond acceptors (Lipinski definition) is 4. The minimum atomic E-state index is -0.126. The zero-order valence-electron chi connectivity index (χ0n) is 12.8. The molecule has 0 unspecified atom stereocenters. The average Bonchev–Trinajstić information content (AvgIpc) is 3.06. The average molecular weight is 311 g/mol. The molecule has 1 aliphatic heterocycles. The number of halogens is 1. The van der Waals surface area contributed by atoms with Gasteiger partial charge in [0.2, 0.25) is 0 Å². The number of anilines is 1. The van der Waals surface area contributed by atoms with Gasteiger partial charge in [-0.1, -0.05) is 18.2 Å². The van der Waals surface area contributed by atoms with Gasteiger partial charge < -0.3 is 9.30 Å². The van der Waals surface area contributed by atoms with Crippen LogP contribution in [0.15, 0.2) is 49.1 Å². The van der Waals surface area contributed by atoms with Crippen LogP contribution in [0.3, 0.4) is 0 Å². The van der Waals surface area contributed by atoms with Gasteiger partial charge in [0, 0.05) is 63.1 Å².